The normalized spacial score (nSPS) is 21.4. The smallest absolute Gasteiger partial charge is 0.362 e. The summed E-state index contributed by atoms with van der Waals surface area (Å²) in [5, 5.41) is 19.6. The fraction of sp³-hybridized carbons (Fsp3) is 0.375. The van der Waals surface area contributed by atoms with Crippen molar-refractivity contribution in [1.82, 2.24) is 9.78 Å². The second-order valence-electron chi connectivity index (χ2n) is 8.98. The van der Waals surface area contributed by atoms with E-state index in [9.17, 15) is 23.2 Å². The SMILES string of the molecule is C[C@H]1CCc2c(sc(NC(=O)c3nn4c(c3Cl)N[C@@H](c3ccccc3)C[C@@H]4C(F)(F)F)c2C#N)C1. The number of thiophene rings is 1. The molecule has 0 radical (unpaired) electrons. The molecule has 0 fully saturated rings. The highest BCUT2D eigenvalue weighted by atomic mass is 35.5. The van der Waals surface area contributed by atoms with E-state index in [0.717, 1.165) is 34.4 Å². The van der Waals surface area contributed by atoms with Crippen LogP contribution in [0.2, 0.25) is 5.02 Å². The number of rotatable bonds is 3. The maximum atomic E-state index is 14.0. The van der Waals surface area contributed by atoms with Gasteiger partial charge in [0.25, 0.3) is 5.91 Å². The van der Waals surface area contributed by atoms with Crippen LogP contribution in [0.3, 0.4) is 0 Å². The molecule has 182 valence electrons. The predicted molar refractivity (Wildman–Crippen MR) is 128 cm³/mol. The van der Waals surface area contributed by atoms with Crippen molar-refractivity contribution in [1.29, 1.82) is 5.26 Å². The number of aromatic nitrogens is 2. The van der Waals surface area contributed by atoms with Gasteiger partial charge in [-0.1, -0.05) is 48.9 Å². The number of fused-ring (bicyclic) bond motifs is 2. The van der Waals surface area contributed by atoms with Crippen LogP contribution in [-0.4, -0.2) is 21.9 Å². The van der Waals surface area contributed by atoms with Crippen LogP contribution in [0.25, 0.3) is 0 Å². The van der Waals surface area contributed by atoms with Crippen molar-refractivity contribution in [3.63, 3.8) is 0 Å². The molecule has 2 aliphatic rings. The number of anilines is 2. The first-order chi connectivity index (χ1) is 16.7. The van der Waals surface area contributed by atoms with E-state index < -0.39 is 24.2 Å². The largest absolute Gasteiger partial charge is 0.410 e. The summed E-state index contributed by atoms with van der Waals surface area (Å²) < 4.78 is 42.7. The number of halogens is 4. The molecule has 35 heavy (non-hydrogen) atoms. The van der Waals surface area contributed by atoms with Crippen molar-refractivity contribution >= 4 is 39.7 Å². The van der Waals surface area contributed by atoms with Crippen molar-refractivity contribution in [2.45, 2.75) is 50.9 Å². The minimum atomic E-state index is -4.59. The molecule has 6 nitrogen and oxygen atoms in total. The molecule has 1 amide bonds. The first-order valence-corrected chi connectivity index (χ1v) is 12.4. The maximum absolute atomic E-state index is 14.0. The van der Waals surface area contributed by atoms with Gasteiger partial charge in [0.05, 0.1) is 11.6 Å². The molecule has 1 aliphatic carbocycles. The molecule has 2 N–H and O–H groups in total. The molecule has 0 saturated heterocycles. The molecule has 0 saturated carbocycles. The number of benzene rings is 1. The van der Waals surface area contributed by atoms with Gasteiger partial charge < -0.3 is 10.6 Å². The van der Waals surface area contributed by atoms with Crippen LogP contribution in [0.15, 0.2) is 30.3 Å². The van der Waals surface area contributed by atoms with Crippen LogP contribution < -0.4 is 10.6 Å². The predicted octanol–water partition coefficient (Wildman–Crippen LogP) is 6.51. The number of carbonyl (C=O) groups excluding carboxylic acids is 1. The van der Waals surface area contributed by atoms with Gasteiger partial charge in [-0.15, -0.1) is 11.3 Å². The molecule has 3 atom stereocenters. The van der Waals surface area contributed by atoms with Crippen LogP contribution in [0.5, 0.6) is 0 Å². The van der Waals surface area contributed by atoms with Gasteiger partial charge >= 0.3 is 6.18 Å². The zero-order valence-corrected chi connectivity index (χ0v) is 20.2. The second-order valence-corrected chi connectivity index (χ2v) is 10.5. The lowest BCUT2D eigenvalue weighted by atomic mass is 9.89. The number of nitrogens with one attached hydrogen (secondary N) is 2. The second kappa shape index (κ2) is 8.88. The lowest BCUT2D eigenvalue weighted by Crippen LogP contribution is -2.35. The molecule has 0 bridgehead atoms. The van der Waals surface area contributed by atoms with Crippen LogP contribution in [-0.2, 0) is 12.8 Å². The van der Waals surface area contributed by atoms with Gasteiger partial charge in [0.1, 0.15) is 21.9 Å². The molecule has 1 aliphatic heterocycles. The number of nitrogens with zero attached hydrogens (tertiary/aromatic N) is 3. The summed E-state index contributed by atoms with van der Waals surface area (Å²) in [6, 6.07) is 8.32. The lowest BCUT2D eigenvalue weighted by Gasteiger charge is -2.33. The molecule has 5 rings (SSSR count). The van der Waals surface area contributed by atoms with E-state index in [1.807, 2.05) is 0 Å². The third-order valence-corrected chi connectivity index (χ3v) is 8.09. The first-order valence-electron chi connectivity index (χ1n) is 11.2. The Labute approximate surface area is 208 Å². The monoisotopic (exact) mass is 519 g/mol. The van der Waals surface area contributed by atoms with Gasteiger partial charge in [0, 0.05) is 11.3 Å². The van der Waals surface area contributed by atoms with Crippen LogP contribution >= 0.6 is 22.9 Å². The number of carbonyl (C=O) groups is 1. The van der Waals surface area contributed by atoms with E-state index in [4.69, 9.17) is 11.6 Å². The van der Waals surface area contributed by atoms with E-state index in [1.165, 1.54) is 11.3 Å². The van der Waals surface area contributed by atoms with Crippen molar-refractivity contribution < 1.29 is 18.0 Å². The van der Waals surface area contributed by atoms with Crippen molar-refractivity contribution in [2.24, 2.45) is 5.92 Å². The van der Waals surface area contributed by atoms with Gasteiger partial charge in [0.2, 0.25) is 0 Å². The number of nitriles is 1. The molecule has 0 spiro atoms. The summed E-state index contributed by atoms with van der Waals surface area (Å²) in [5.74, 6) is -0.327. The number of hydrogen-bond donors (Lipinski definition) is 2. The number of hydrogen-bond acceptors (Lipinski definition) is 5. The molecular formula is C24H21ClF3N5OS. The Hall–Kier alpha value is -3.03. The van der Waals surface area contributed by atoms with Gasteiger partial charge in [-0.3, -0.25) is 4.79 Å². The molecular weight excluding hydrogens is 499 g/mol. The van der Waals surface area contributed by atoms with Crippen molar-refractivity contribution in [3.05, 3.63) is 62.6 Å². The standard InChI is InChI=1S/C24H21ClF3N5OS/c1-12-7-8-14-15(11-29)23(35-17(14)9-12)31-22(34)20-19(25)21-30-16(13-5-3-2-4-6-13)10-18(24(26,27)28)33(21)32-20/h2-6,12,16,18,30H,7-10H2,1H3,(H,31,34)/t12-,16+,18+/m0/s1. The maximum Gasteiger partial charge on any atom is 0.410 e. The minimum Gasteiger partial charge on any atom is -0.362 e. The highest BCUT2D eigenvalue weighted by molar-refractivity contribution is 7.16. The Balaban J connectivity index is 1.49. The Morgan fingerprint density at radius 2 is 2.09 bits per heavy atom. The Bertz CT molecular complexity index is 1330. The summed E-state index contributed by atoms with van der Waals surface area (Å²) in [7, 11) is 0. The number of amides is 1. The lowest BCUT2D eigenvalue weighted by molar-refractivity contribution is -0.173. The third kappa shape index (κ3) is 4.28. The minimum absolute atomic E-state index is 0.0564. The van der Waals surface area contributed by atoms with Crippen molar-refractivity contribution in [3.8, 4) is 6.07 Å². The van der Waals surface area contributed by atoms with Gasteiger partial charge in [-0.25, -0.2) is 4.68 Å². The van der Waals surface area contributed by atoms with Crippen LogP contribution in [0.1, 0.15) is 63.9 Å². The van der Waals surface area contributed by atoms with Crippen LogP contribution in [0.4, 0.5) is 24.0 Å². The highest BCUT2D eigenvalue weighted by Crippen LogP contribution is 2.46. The molecule has 0 unspecified atom stereocenters. The average Bonchev–Trinajstić information content (AvgIpc) is 3.34. The summed E-state index contributed by atoms with van der Waals surface area (Å²) >= 11 is 7.76. The Morgan fingerprint density at radius 1 is 1.34 bits per heavy atom. The third-order valence-electron chi connectivity index (χ3n) is 6.56. The quantitative estimate of drug-likeness (QED) is 0.413. The van der Waals surface area contributed by atoms with Crippen molar-refractivity contribution in [2.75, 3.05) is 10.6 Å². The molecule has 1 aromatic carbocycles. The summed E-state index contributed by atoms with van der Waals surface area (Å²) in [4.78, 5) is 14.2. The first kappa shape index (κ1) is 23.7. The van der Waals surface area contributed by atoms with Gasteiger partial charge in [0.15, 0.2) is 11.7 Å². The topological polar surface area (TPSA) is 82.7 Å². The summed E-state index contributed by atoms with van der Waals surface area (Å²) in [6.07, 6.45) is -2.36. The summed E-state index contributed by atoms with van der Waals surface area (Å²) in [5.41, 5.74) is 1.69. The molecule has 11 heteroatoms. The highest BCUT2D eigenvalue weighted by Gasteiger charge is 2.48. The fourth-order valence-electron chi connectivity index (χ4n) is 4.76. The summed E-state index contributed by atoms with van der Waals surface area (Å²) in [6.45, 7) is 2.13. The Kier molecular flexibility index (Phi) is 6.01. The van der Waals surface area contributed by atoms with E-state index >= 15 is 0 Å². The zero-order valence-electron chi connectivity index (χ0n) is 18.6. The van der Waals surface area contributed by atoms with Gasteiger partial charge in [-0.05, 0) is 36.3 Å². The number of alkyl halides is 3. The molecule has 3 heterocycles. The molecule has 3 aromatic rings. The van der Waals surface area contributed by atoms with E-state index in [-0.39, 0.29) is 23.0 Å². The van der Waals surface area contributed by atoms with E-state index in [2.05, 4.69) is 28.7 Å². The van der Waals surface area contributed by atoms with Crippen LogP contribution in [0, 0.1) is 17.2 Å². The van der Waals surface area contributed by atoms with E-state index in [1.54, 1.807) is 30.3 Å². The van der Waals surface area contributed by atoms with Gasteiger partial charge in [-0.2, -0.15) is 23.5 Å². The Morgan fingerprint density at radius 3 is 2.77 bits per heavy atom. The fourth-order valence-corrected chi connectivity index (χ4v) is 6.38. The molecule has 2 aromatic heterocycles. The van der Waals surface area contributed by atoms with E-state index in [0.29, 0.717) is 22.0 Å². The zero-order chi connectivity index (χ0) is 24.9. The average molecular weight is 520 g/mol.